The number of rotatable bonds is 10. The van der Waals surface area contributed by atoms with Crippen LogP contribution in [0, 0.1) is 11.8 Å². The molecule has 0 saturated heterocycles. The Morgan fingerprint density at radius 1 is 0.911 bits per heavy atom. The highest BCUT2D eigenvalue weighted by atomic mass is 32.2. The molecule has 4 aliphatic rings. The molecule has 3 N–H and O–H groups in total. The molecule has 7 rings (SSSR count). The Hall–Kier alpha value is -2.90. The SMILES string of the molecule is C[C@@H](c1ccc2c(c1CC(=O)CS(=O)(=O)c1cc(C(C)(C)O)co1)CCC2)C1CC1.C[C@@H](c1ccc2c(c1N)CCC2)C1CC1. The second-order valence-corrected chi connectivity index (χ2v) is 16.5. The van der Waals surface area contributed by atoms with E-state index in [4.69, 9.17) is 10.2 Å². The number of hydrogen-bond donors (Lipinski definition) is 2. The van der Waals surface area contributed by atoms with Gasteiger partial charge in [-0.15, -0.1) is 0 Å². The van der Waals surface area contributed by atoms with Crippen molar-refractivity contribution < 1.29 is 22.7 Å². The number of nitrogen functional groups attached to an aromatic ring is 1. The van der Waals surface area contributed by atoms with Crippen molar-refractivity contribution in [2.24, 2.45) is 11.8 Å². The van der Waals surface area contributed by atoms with Crippen LogP contribution < -0.4 is 5.73 Å². The summed E-state index contributed by atoms with van der Waals surface area (Å²) in [4.78, 5) is 12.9. The van der Waals surface area contributed by atoms with Crippen molar-refractivity contribution in [1.82, 2.24) is 0 Å². The van der Waals surface area contributed by atoms with E-state index in [0.29, 0.717) is 23.3 Å². The molecule has 0 unspecified atom stereocenters. The van der Waals surface area contributed by atoms with Crippen molar-refractivity contribution in [3.63, 3.8) is 0 Å². The average Bonchev–Trinajstić information content (AvgIpc) is 3.83. The first-order valence-electron chi connectivity index (χ1n) is 16.9. The van der Waals surface area contributed by atoms with Crippen LogP contribution in [0.5, 0.6) is 0 Å². The van der Waals surface area contributed by atoms with Crippen LogP contribution in [0.25, 0.3) is 0 Å². The Morgan fingerprint density at radius 2 is 1.47 bits per heavy atom. The van der Waals surface area contributed by atoms with Gasteiger partial charge in [-0.25, -0.2) is 8.42 Å². The monoisotopic (exact) mass is 631 g/mol. The molecule has 242 valence electrons. The Bertz CT molecular complexity index is 1690. The third-order valence-electron chi connectivity index (χ3n) is 10.8. The van der Waals surface area contributed by atoms with Gasteiger partial charge in [0, 0.05) is 23.7 Å². The number of furan rings is 1. The van der Waals surface area contributed by atoms with Crippen LogP contribution in [0.3, 0.4) is 0 Å². The molecule has 0 spiro atoms. The number of carbonyl (C=O) groups excluding carboxylic acids is 1. The van der Waals surface area contributed by atoms with Gasteiger partial charge in [0.05, 0.1) is 11.9 Å². The van der Waals surface area contributed by atoms with Crippen molar-refractivity contribution in [3.8, 4) is 0 Å². The van der Waals surface area contributed by atoms with Crippen molar-refractivity contribution in [1.29, 1.82) is 0 Å². The first-order chi connectivity index (χ1) is 21.3. The summed E-state index contributed by atoms with van der Waals surface area (Å²) >= 11 is 0. The molecule has 2 aromatic carbocycles. The first kappa shape index (κ1) is 32.1. The number of anilines is 1. The van der Waals surface area contributed by atoms with Gasteiger partial charge < -0.3 is 15.3 Å². The zero-order valence-electron chi connectivity index (χ0n) is 27.3. The van der Waals surface area contributed by atoms with Gasteiger partial charge in [0.15, 0.2) is 5.78 Å². The second-order valence-electron chi connectivity index (χ2n) is 14.6. The molecular weight excluding hydrogens is 582 g/mol. The molecule has 0 radical (unpaired) electrons. The maximum absolute atomic E-state index is 12.9. The van der Waals surface area contributed by atoms with E-state index in [1.165, 1.54) is 90.7 Å². The van der Waals surface area contributed by atoms with E-state index in [1.807, 2.05) is 0 Å². The van der Waals surface area contributed by atoms with E-state index in [9.17, 15) is 18.3 Å². The third-order valence-corrected chi connectivity index (χ3v) is 12.3. The Morgan fingerprint density at radius 3 is 2.04 bits per heavy atom. The zero-order chi connectivity index (χ0) is 32.1. The molecule has 2 fully saturated rings. The molecule has 6 nitrogen and oxygen atoms in total. The predicted molar refractivity (Wildman–Crippen MR) is 178 cm³/mol. The lowest BCUT2D eigenvalue weighted by molar-refractivity contribution is -0.116. The van der Waals surface area contributed by atoms with Crippen LogP contribution in [-0.4, -0.2) is 25.1 Å². The number of aliphatic hydroxyl groups is 1. The largest absolute Gasteiger partial charge is 0.453 e. The number of fused-ring (bicyclic) bond motifs is 2. The fraction of sp³-hybridized carbons (Fsp3) is 0.553. The number of benzene rings is 2. The molecule has 3 aromatic rings. The molecule has 0 aliphatic heterocycles. The Kier molecular flexibility index (Phi) is 8.81. The maximum Gasteiger partial charge on any atom is 0.218 e. The predicted octanol–water partition coefficient (Wildman–Crippen LogP) is 7.37. The maximum atomic E-state index is 12.9. The van der Waals surface area contributed by atoms with Gasteiger partial charge in [-0.2, -0.15) is 0 Å². The minimum absolute atomic E-state index is 0.147. The van der Waals surface area contributed by atoms with E-state index in [1.54, 1.807) is 13.8 Å². The quantitative estimate of drug-likeness (QED) is 0.226. The van der Waals surface area contributed by atoms with E-state index < -0.39 is 21.2 Å². The standard InChI is InChI=1S/C24H30O5S.C14H19N/c1-15(16-7-8-16)20-10-9-17-5-4-6-21(17)22(20)12-19(25)14-30(27,28)23-11-18(13-29-23)24(2,3)26;1-9(10-5-6-10)12-8-7-11-3-2-4-13(11)14(12)15/h9-11,13,15-16,26H,4-8,12,14H2,1-3H3;7-10H,2-6,15H2,1H3/t15-;9-/m11/s1. The highest BCUT2D eigenvalue weighted by Crippen LogP contribution is 2.46. The smallest absolute Gasteiger partial charge is 0.218 e. The summed E-state index contributed by atoms with van der Waals surface area (Å²) in [6.07, 6.45) is 13.4. The van der Waals surface area contributed by atoms with Gasteiger partial charge in [-0.05, 0) is 141 Å². The van der Waals surface area contributed by atoms with Crippen LogP contribution in [0.4, 0.5) is 5.69 Å². The normalized spacial score (nSPS) is 19.0. The molecular formula is C38H49NO5S. The lowest BCUT2D eigenvalue weighted by Gasteiger charge is -2.19. The third kappa shape index (κ3) is 6.95. The van der Waals surface area contributed by atoms with Crippen molar-refractivity contribution in [2.45, 2.75) is 121 Å². The van der Waals surface area contributed by atoms with E-state index >= 15 is 0 Å². The molecule has 0 amide bonds. The van der Waals surface area contributed by atoms with Crippen LogP contribution in [-0.2, 0) is 52.3 Å². The summed E-state index contributed by atoms with van der Waals surface area (Å²) in [5, 5.41) is 9.78. The molecule has 0 bridgehead atoms. The molecule has 1 aromatic heterocycles. The van der Waals surface area contributed by atoms with E-state index in [0.717, 1.165) is 36.4 Å². The van der Waals surface area contributed by atoms with E-state index in [2.05, 4.69) is 38.1 Å². The second kappa shape index (κ2) is 12.4. The Balaban J connectivity index is 0.000000198. The van der Waals surface area contributed by atoms with E-state index in [-0.39, 0.29) is 17.3 Å². The fourth-order valence-corrected chi connectivity index (χ4v) is 8.71. The zero-order valence-corrected chi connectivity index (χ0v) is 28.1. The topological polar surface area (TPSA) is 111 Å². The molecule has 2 atom stereocenters. The number of nitrogens with two attached hydrogens (primary N) is 1. The number of Topliss-reactive ketones (excluding diaryl/α,β-unsaturated/α-hetero) is 1. The van der Waals surface area contributed by atoms with Gasteiger partial charge in [0.2, 0.25) is 14.9 Å². The summed E-state index contributed by atoms with van der Waals surface area (Å²) in [5.41, 5.74) is 15.8. The minimum atomic E-state index is -3.90. The number of hydrogen-bond acceptors (Lipinski definition) is 6. The summed E-state index contributed by atoms with van der Waals surface area (Å²) in [7, 11) is -3.90. The molecule has 7 heteroatoms. The van der Waals surface area contributed by atoms with Gasteiger partial charge in [-0.3, -0.25) is 4.79 Å². The van der Waals surface area contributed by atoms with Gasteiger partial charge in [-0.1, -0.05) is 38.1 Å². The molecule has 45 heavy (non-hydrogen) atoms. The fourth-order valence-electron chi connectivity index (χ4n) is 7.54. The number of ketones is 1. The van der Waals surface area contributed by atoms with Crippen molar-refractivity contribution >= 4 is 21.3 Å². The lowest BCUT2D eigenvalue weighted by atomic mass is 9.86. The van der Waals surface area contributed by atoms with Gasteiger partial charge in [0.1, 0.15) is 5.75 Å². The van der Waals surface area contributed by atoms with Crippen molar-refractivity contribution in [2.75, 3.05) is 11.5 Å². The highest BCUT2D eigenvalue weighted by Gasteiger charge is 2.34. The number of carbonyl (C=O) groups is 1. The molecule has 4 aliphatic carbocycles. The lowest BCUT2D eigenvalue weighted by Crippen LogP contribution is -2.20. The Labute approximate surface area is 268 Å². The van der Waals surface area contributed by atoms with Crippen LogP contribution >= 0.6 is 0 Å². The number of aryl methyl sites for hydroxylation is 2. The number of sulfone groups is 1. The molecule has 1 heterocycles. The first-order valence-corrected chi connectivity index (χ1v) is 18.6. The van der Waals surface area contributed by atoms with Crippen LogP contribution in [0.2, 0.25) is 0 Å². The van der Waals surface area contributed by atoms with Crippen LogP contribution in [0.15, 0.2) is 46.1 Å². The highest BCUT2D eigenvalue weighted by molar-refractivity contribution is 7.92. The summed E-state index contributed by atoms with van der Waals surface area (Å²) in [5.74, 6) is 1.75. The molecule has 2 saturated carbocycles. The summed E-state index contributed by atoms with van der Waals surface area (Å²) in [6, 6.07) is 10.3. The average molecular weight is 632 g/mol. The van der Waals surface area contributed by atoms with Crippen molar-refractivity contribution in [3.05, 3.63) is 81.1 Å². The van der Waals surface area contributed by atoms with Crippen LogP contribution in [0.1, 0.15) is 123 Å². The summed E-state index contributed by atoms with van der Waals surface area (Å²) < 4.78 is 30.7. The minimum Gasteiger partial charge on any atom is -0.453 e. The summed E-state index contributed by atoms with van der Waals surface area (Å²) in [6.45, 7) is 7.67. The van der Waals surface area contributed by atoms with Gasteiger partial charge in [0.25, 0.3) is 0 Å². The van der Waals surface area contributed by atoms with Gasteiger partial charge >= 0.3 is 0 Å².